The van der Waals surface area contributed by atoms with Gasteiger partial charge in [0.2, 0.25) is 0 Å². The van der Waals surface area contributed by atoms with Crippen LogP contribution in [0.1, 0.15) is 29.6 Å². The standard InChI is InChI=1S/C12H13ClO2/c13-12(14)10-3-5-11(6-4-10)15-8-7-9-1-2-9/h3-6,9H,1-2,7-8H2. The van der Waals surface area contributed by atoms with Crippen LogP contribution in [0.5, 0.6) is 5.75 Å². The summed E-state index contributed by atoms with van der Waals surface area (Å²) in [5.41, 5.74) is 0.506. The van der Waals surface area contributed by atoms with E-state index in [0.29, 0.717) is 5.56 Å². The number of carbonyl (C=O) groups excluding carboxylic acids is 1. The highest BCUT2D eigenvalue weighted by Gasteiger charge is 2.20. The van der Waals surface area contributed by atoms with Crippen molar-refractivity contribution < 1.29 is 9.53 Å². The first-order valence-corrected chi connectivity index (χ1v) is 5.56. The van der Waals surface area contributed by atoms with Gasteiger partial charge in [0.05, 0.1) is 6.61 Å². The Labute approximate surface area is 94.2 Å². The maximum absolute atomic E-state index is 10.8. The lowest BCUT2D eigenvalue weighted by Crippen LogP contribution is -1.98. The van der Waals surface area contributed by atoms with Gasteiger partial charge in [-0.1, -0.05) is 12.8 Å². The summed E-state index contributed by atoms with van der Waals surface area (Å²) in [6.45, 7) is 0.763. The van der Waals surface area contributed by atoms with Gasteiger partial charge in [0.1, 0.15) is 5.75 Å². The monoisotopic (exact) mass is 224 g/mol. The lowest BCUT2D eigenvalue weighted by molar-refractivity contribution is 0.108. The van der Waals surface area contributed by atoms with Crippen LogP contribution in [0.2, 0.25) is 0 Å². The summed E-state index contributed by atoms with van der Waals surface area (Å²) in [7, 11) is 0. The van der Waals surface area contributed by atoms with Gasteiger partial charge in [-0.3, -0.25) is 4.79 Å². The van der Waals surface area contributed by atoms with E-state index in [-0.39, 0.29) is 0 Å². The molecule has 1 aromatic carbocycles. The average Bonchev–Trinajstić information content (AvgIpc) is 3.02. The Morgan fingerprint density at radius 2 is 2.00 bits per heavy atom. The Morgan fingerprint density at radius 3 is 2.53 bits per heavy atom. The molecule has 0 unspecified atom stereocenters. The highest BCUT2D eigenvalue weighted by atomic mass is 35.5. The van der Waals surface area contributed by atoms with E-state index in [1.165, 1.54) is 12.8 Å². The molecule has 1 aliphatic carbocycles. The average molecular weight is 225 g/mol. The molecule has 0 atom stereocenters. The highest BCUT2D eigenvalue weighted by molar-refractivity contribution is 6.67. The molecular weight excluding hydrogens is 212 g/mol. The molecule has 3 heteroatoms. The summed E-state index contributed by atoms with van der Waals surface area (Å²) in [4.78, 5) is 10.8. The van der Waals surface area contributed by atoms with Crippen molar-refractivity contribution in [1.82, 2.24) is 0 Å². The number of ether oxygens (including phenoxy) is 1. The molecule has 0 aliphatic heterocycles. The Bertz CT molecular complexity index is 341. The van der Waals surface area contributed by atoms with Crippen LogP contribution in [0.3, 0.4) is 0 Å². The van der Waals surface area contributed by atoms with E-state index in [9.17, 15) is 4.79 Å². The molecule has 0 N–H and O–H groups in total. The van der Waals surface area contributed by atoms with Gasteiger partial charge in [-0.25, -0.2) is 0 Å². The molecule has 1 aliphatic rings. The van der Waals surface area contributed by atoms with E-state index in [1.54, 1.807) is 24.3 Å². The lowest BCUT2D eigenvalue weighted by atomic mass is 10.2. The Morgan fingerprint density at radius 1 is 1.33 bits per heavy atom. The first kappa shape index (κ1) is 10.5. The van der Waals surface area contributed by atoms with Crippen molar-refractivity contribution in [3.8, 4) is 5.75 Å². The van der Waals surface area contributed by atoms with Crippen molar-refractivity contribution in [2.45, 2.75) is 19.3 Å². The predicted octanol–water partition coefficient (Wildman–Crippen LogP) is 3.24. The molecule has 0 spiro atoms. The van der Waals surface area contributed by atoms with Crippen LogP contribution in [0.15, 0.2) is 24.3 Å². The van der Waals surface area contributed by atoms with E-state index in [1.807, 2.05) is 0 Å². The van der Waals surface area contributed by atoms with Crippen LogP contribution in [-0.4, -0.2) is 11.8 Å². The third kappa shape index (κ3) is 3.24. The summed E-state index contributed by atoms with van der Waals surface area (Å²) >= 11 is 5.33. The molecule has 15 heavy (non-hydrogen) atoms. The fourth-order valence-corrected chi connectivity index (χ4v) is 1.56. The lowest BCUT2D eigenvalue weighted by Gasteiger charge is -2.05. The molecule has 1 fully saturated rings. The molecule has 0 aromatic heterocycles. The van der Waals surface area contributed by atoms with Crippen LogP contribution >= 0.6 is 11.6 Å². The maximum atomic E-state index is 10.8. The minimum absolute atomic E-state index is 0.431. The second-order valence-electron chi connectivity index (χ2n) is 3.88. The van der Waals surface area contributed by atoms with Gasteiger partial charge in [0, 0.05) is 5.56 Å². The van der Waals surface area contributed by atoms with Crippen molar-refractivity contribution in [3.05, 3.63) is 29.8 Å². The molecule has 2 nitrogen and oxygen atoms in total. The van der Waals surface area contributed by atoms with Crippen molar-refractivity contribution in [3.63, 3.8) is 0 Å². The fourth-order valence-electron chi connectivity index (χ4n) is 1.43. The molecule has 1 saturated carbocycles. The number of halogens is 1. The third-order valence-electron chi connectivity index (χ3n) is 2.57. The Hall–Kier alpha value is -1.02. The molecule has 0 saturated heterocycles. The number of benzene rings is 1. The smallest absolute Gasteiger partial charge is 0.252 e. The second kappa shape index (κ2) is 4.67. The summed E-state index contributed by atoms with van der Waals surface area (Å²) in [6.07, 6.45) is 3.84. The number of hydrogen-bond donors (Lipinski definition) is 0. The zero-order valence-corrected chi connectivity index (χ0v) is 9.17. The van der Waals surface area contributed by atoms with E-state index in [4.69, 9.17) is 16.3 Å². The van der Waals surface area contributed by atoms with E-state index in [0.717, 1.165) is 24.7 Å². The van der Waals surface area contributed by atoms with Gasteiger partial charge < -0.3 is 4.74 Å². The Balaban J connectivity index is 1.83. The van der Waals surface area contributed by atoms with Crippen LogP contribution in [-0.2, 0) is 0 Å². The first-order valence-electron chi connectivity index (χ1n) is 5.18. The topological polar surface area (TPSA) is 26.3 Å². The van der Waals surface area contributed by atoms with E-state index < -0.39 is 5.24 Å². The van der Waals surface area contributed by atoms with Crippen LogP contribution in [0.25, 0.3) is 0 Å². The summed E-state index contributed by atoms with van der Waals surface area (Å²) < 4.78 is 5.54. The zero-order valence-electron chi connectivity index (χ0n) is 8.41. The van der Waals surface area contributed by atoms with E-state index in [2.05, 4.69) is 0 Å². The molecule has 1 aromatic rings. The quantitative estimate of drug-likeness (QED) is 0.718. The minimum Gasteiger partial charge on any atom is -0.494 e. The van der Waals surface area contributed by atoms with Gasteiger partial charge in [0.15, 0.2) is 0 Å². The van der Waals surface area contributed by atoms with Gasteiger partial charge in [0.25, 0.3) is 5.24 Å². The molecule has 80 valence electrons. The van der Waals surface area contributed by atoms with Crippen LogP contribution in [0, 0.1) is 5.92 Å². The van der Waals surface area contributed by atoms with Crippen LogP contribution < -0.4 is 4.74 Å². The fraction of sp³-hybridized carbons (Fsp3) is 0.417. The number of carbonyl (C=O) groups is 1. The zero-order chi connectivity index (χ0) is 10.7. The molecular formula is C12H13ClO2. The molecule has 0 bridgehead atoms. The summed E-state index contributed by atoms with van der Waals surface area (Å²) in [5, 5.41) is -0.431. The Kier molecular flexibility index (Phi) is 3.27. The van der Waals surface area contributed by atoms with Crippen molar-refractivity contribution in [2.75, 3.05) is 6.61 Å². The van der Waals surface area contributed by atoms with E-state index >= 15 is 0 Å². The van der Waals surface area contributed by atoms with Gasteiger partial charge in [-0.2, -0.15) is 0 Å². The summed E-state index contributed by atoms with van der Waals surface area (Å²) in [6, 6.07) is 6.93. The van der Waals surface area contributed by atoms with Gasteiger partial charge >= 0.3 is 0 Å². The third-order valence-corrected chi connectivity index (χ3v) is 2.79. The molecule has 2 rings (SSSR count). The first-order chi connectivity index (χ1) is 7.25. The normalized spacial score (nSPS) is 15.0. The highest BCUT2D eigenvalue weighted by Crippen LogP contribution is 2.32. The SMILES string of the molecule is O=C(Cl)c1ccc(OCCC2CC2)cc1. The van der Waals surface area contributed by atoms with Crippen molar-refractivity contribution >= 4 is 16.8 Å². The number of rotatable bonds is 5. The predicted molar refractivity (Wildman–Crippen MR) is 59.5 cm³/mol. The van der Waals surface area contributed by atoms with Gasteiger partial charge in [-0.15, -0.1) is 0 Å². The number of hydrogen-bond acceptors (Lipinski definition) is 2. The molecule has 0 radical (unpaired) electrons. The maximum Gasteiger partial charge on any atom is 0.252 e. The largest absolute Gasteiger partial charge is 0.494 e. The van der Waals surface area contributed by atoms with Crippen LogP contribution in [0.4, 0.5) is 0 Å². The minimum atomic E-state index is -0.431. The molecule has 0 amide bonds. The summed E-state index contributed by atoms with van der Waals surface area (Å²) in [5.74, 6) is 1.69. The van der Waals surface area contributed by atoms with Crippen molar-refractivity contribution in [2.24, 2.45) is 5.92 Å². The molecule has 0 heterocycles. The van der Waals surface area contributed by atoms with Gasteiger partial charge in [-0.05, 0) is 48.2 Å². The van der Waals surface area contributed by atoms with Crippen molar-refractivity contribution in [1.29, 1.82) is 0 Å². The second-order valence-corrected chi connectivity index (χ2v) is 4.22.